The smallest absolute Gasteiger partial charge is 0.265 e. The zero-order chi connectivity index (χ0) is 20.2. The van der Waals surface area contributed by atoms with Gasteiger partial charge in [0, 0.05) is 30.8 Å². The molecule has 0 spiro atoms. The predicted octanol–water partition coefficient (Wildman–Crippen LogP) is 4.99. The lowest BCUT2D eigenvalue weighted by atomic mass is 10.1. The molecule has 1 saturated heterocycles. The maximum atomic E-state index is 13.3. The first-order valence-electron chi connectivity index (χ1n) is 9.50. The number of aromatic hydroxyl groups is 1. The molecule has 0 aliphatic carbocycles. The minimum Gasteiger partial charge on any atom is -0.508 e. The SMILES string of the molecule is O=C(c1cnc(-c2ccccc2Cl)s1)N(Cc1ccccc1O)CC1CCCO1. The van der Waals surface area contributed by atoms with Gasteiger partial charge in [-0.05, 0) is 25.0 Å². The molecule has 29 heavy (non-hydrogen) atoms. The summed E-state index contributed by atoms with van der Waals surface area (Å²) in [6.07, 6.45) is 3.54. The van der Waals surface area contributed by atoms with Crippen LogP contribution in [0.15, 0.2) is 54.7 Å². The van der Waals surface area contributed by atoms with Crippen LogP contribution in [-0.2, 0) is 11.3 Å². The molecule has 0 radical (unpaired) electrons. The summed E-state index contributed by atoms with van der Waals surface area (Å²) in [5.74, 6) is 0.0539. The van der Waals surface area contributed by atoms with Crippen LogP contribution >= 0.6 is 22.9 Å². The number of ether oxygens (including phenoxy) is 1. The first kappa shape index (κ1) is 19.9. The summed E-state index contributed by atoms with van der Waals surface area (Å²) in [6, 6.07) is 14.5. The van der Waals surface area contributed by atoms with Gasteiger partial charge in [-0.3, -0.25) is 4.79 Å². The molecule has 2 aromatic carbocycles. The van der Waals surface area contributed by atoms with Gasteiger partial charge in [-0.1, -0.05) is 48.0 Å². The lowest BCUT2D eigenvalue weighted by molar-refractivity contribution is 0.0509. The lowest BCUT2D eigenvalue weighted by Crippen LogP contribution is -2.36. The second kappa shape index (κ2) is 8.95. The Hall–Kier alpha value is -2.41. The van der Waals surface area contributed by atoms with E-state index < -0.39 is 0 Å². The lowest BCUT2D eigenvalue weighted by Gasteiger charge is -2.25. The summed E-state index contributed by atoms with van der Waals surface area (Å²) in [5.41, 5.74) is 1.51. The standard InChI is InChI=1S/C22H21ClN2O3S/c23-18-9-3-2-8-17(18)21-24-12-20(29-21)22(27)25(14-16-7-5-11-28-16)13-15-6-1-4-10-19(15)26/h1-4,6,8-10,12,16,26H,5,7,11,13-14H2. The molecule has 1 atom stereocenters. The van der Waals surface area contributed by atoms with Crippen molar-refractivity contribution in [3.63, 3.8) is 0 Å². The Kier molecular flexibility index (Phi) is 6.13. The Morgan fingerprint density at radius 2 is 2.03 bits per heavy atom. The van der Waals surface area contributed by atoms with Crippen molar-refractivity contribution in [2.24, 2.45) is 0 Å². The maximum Gasteiger partial charge on any atom is 0.265 e. The second-order valence-corrected chi connectivity index (χ2v) is 8.40. The van der Waals surface area contributed by atoms with E-state index >= 15 is 0 Å². The average Bonchev–Trinajstić information content (AvgIpc) is 3.41. The van der Waals surface area contributed by atoms with Gasteiger partial charge < -0.3 is 14.7 Å². The van der Waals surface area contributed by atoms with Gasteiger partial charge in [0.2, 0.25) is 0 Å². The monoisotopic (exact) mass is 428 g/mol. The molecule has 0 bridgehead atoms. The van der Waals surface area contributed by atoms with E-state index in [0.29, 0.717) is 33.6 Å². The van der Waals surface area contributed by atoms with Crippen LogP contribution < -0.4 is 0 Å². The highest BCUT2D eigenvalue weighted by Crippen LogP contribution is 2.32. The number of carbonyl (C=O) groups excluding carboxylic acids is 1. The molecule has 5 nitrogen and oxygen atoms in total. The van der Waals surface area contributed by atoms with Crippen molar-refractivity contribution < 1.29 is 14.6 Å². The van der Waals surface area contributed by atoms with Crippen LogP contribution in [0.25, 0.3) is 10.6 Å². The molecule has 1 N–H and O–H groups in total. The molecular weight excluding hydrogens is 408 g/mol. The Morgan fingerprint density at radius 3 is 2.79 bits per heavy atom. The molecule has 1 aliphatic heterocycles. The first-order chi connectivity index (χ1) is 14.1. The van der Waals surface area contributed by atoms with Crippen molar-refractivity contribution in [1.29, 1.82) is 0 Å². The van der Waals surface area contributed by atoms with E-state index in [1.807, 2.05) is 36.4 Å². The van der Waals surface area contributed by atoms with Crippen LogP contribution in [0.2, 0.25) is 5.02 Å². The Balaban J connectivity index is 1.59. The fraction of sp³-hybridized carbons (Fsp3) is 0.273. The quantitative estimate of drug-likeness (QED) is 0.600. The third-order valence-electron chi connectivity index (χ3n) is 4.91. The normalized spacial score (nSPS) is 16.1. The fourth-order valence-corrected chi connectivity index (χ4v) is 4.60. The summed E-state index contributed by atoms with van der Waals surface area (Å²) in [4.78, 5) is 20.0. The molecule has 1 aliphatic rings. The van der Waals surface area contributed by atoms with Crippen LogP contribution in [-0.4, -0.2) is 40.2 Å². The topological polar surface area (TPSA) is 62.7 Å². The summed E-state index contributed by atoms with van der Waals surface area (Å²) in [6.45, 7) is 1.51. The Labute approximate surface area is 178 Å². The number of amides is 1. The summed E-state index contributed by atoms with van der Waals surface area (Å²) < 4.78 is 5.74. The van der Waals surface area contributed by atoms with E-state index in [0.717, 1.165) is 25.0 Å². The van der Waals surface area contributed by atoms with Gasteiger partial charge in [-0.2, -0.15) is 0 Å². The van der Waals surface area contributed by atoms with Gasteiger partial charge in [0.05, 0.1) is 17.3 Å². The average molecular weight is 429 g/mol. The number of aromatic nitrogens is 1. The molecule has 150 valence electrons. The fourth-order valence-electron chi connectivity index (χ4n) is 3.39. The molecule has 1 unspecified atom stereocenters. The van der Waals surface area contributed by atoms with Gasteiger partial charge in [0.15, 0.2) is 0 Å². The molecule has 4 rings (SSSR count). The van der Waals surface area contributed by atoms with E-state index in [2.05, 4.69) is 4.98 Å². The van der Waals surface area contributed by atoms with Crippen LogP contribution in [0, 0.1) is 0 Å². The first-order valence-corrected chi connectivity index (χ1v) is 10.7. The third-order valence-corrected chi connectivity index (χ3v) is 6.26. The van der Waals surface area contributed by atoms with Crippen LogP contribution in [0.3, 0.4) is 0 Å². The molecule has 3 aromatic rings. The van der Waals surface area contributed by atoms with Gasteiger partial charge in [0.1, 0.15) is 15.6 Å². The largest absolute Gasteiger partial charge is 0.508 e. The minimum atomic E-state index is -0.125. The highest BCUT2D eigenvalue weighted by molar-refractivity contribution is 7.17. The van der Waals surface area contributed by atoms with E-state index in [4.69, 9.17) is 16.3 Å². The number of rotatable bonds is 6. The predicted molar refractivity (Wildman–Crippen MR) is 114 cm³/mol. The Morgan fingerprint density at radius 1 is 1.24 bits per heavy atom. The minimum absolute atomic E-state index is 0.0146. The number of carbonyl (C=O) groups is 1. The number of halogens is 1. The van der Waals surface area contributed by atoms with Crippen molar-refractivity contribution in [2.75, 3.05) is 13.2 Å². The number of phenolic OH excluding ortho intramolecular Hbond substituents is 1. The second-order valence-electron chi connectivity index (χ2n) is 6.96. The number of hydrogen-bond acceptors (Lipinski definition) is 5. The zero-order valence-electron chi connectivity index (χ0n) is 15.8. The van der Waals surface area contributed by atoms with Crippen molar-refractivity contribution >= 4 is 28.8 Å². The molecule has 1 fully saturated rings. The molecule has 7 heteroatoms. The number of benzene rings is 2. The molecule has 1 amide bonds. The van der Waals surface area contributed by atoms with Crippen molar-refractivity contribution in [3.05, 3.63) is 70.2 Å². The number of thiazole rings is 1. The van der Waals surface area contributed by atoms with Crippen LogP contribution in [0.4, 0.5) is 0 Å². The zero-order valence-corrected chi connectivity index (χ0v) is 17.3. The van der Waals surface area contributed by atoms with E-state index in [-0.39, 0.29) is 17.8 Å². The highest BCUT2D eigenvalue weighted by atomic mass is 35.5. The summed E-state index contributed by atoms with van der Waals surface area (Å²) in [7, 11) is 0. The molecule has 2 heterocycles. The Bertz CT molecular complexity index is 1000. The number of phenols is 1. The van der Waals surface area contributed by atoms with Crippen molar-refractivity contribution in [2.45, 2.75) is 25.5 Å². The van der Waals surface area contributed by atoms with Crippen molar-refractivity contribution in [3.8, 4) is 16.3 Å². The van der Waals surface area contributed by atoms with E-state index in [1.165, 1.54) is 11.3 Å². The van der Waals surface area contributed by atoms with Gasteiger partial charge in [0.25, 0.3) is 5.91 Å². The number of nitrogens with zero attached hydrogens (tertiary/aromatic N) is 2. The maximum absolute atomic E-state index is 13.3. The van der Waals surface area contributed by atoms with E-state index in [1.54, 1.807) is 23.2 Å². The summed E-state index contributed by atoms with van der Waals surface area (Å²) in [5, 5.41) is 11.5. The van der Waals surface area contributed by atoms with Crippen LogP contribution in [0.5, 0.6) is 5.75 Å². The molecular formula is C22H21ClN2O3S. The molecule has 1 aromatic heterocycles. The van der Waals surface area contributed by atoms with Gasteiger partial charge in [-0.15, -0.1) is 11.3 Å². The van der Waals surface area contributed by atoms with Crippen LogP contribution in [0.1, 0.15) is 28.1 Å². The summed E-state index contributed by atoms with van der Waals surface area (Å²) >= 11 is 7.59. The van der Waals surface area contributed by atoms with Gasteiger partial charge >= 0.3 is 0 Å². The van der Waals surface area contributed by atoms with Gasteiger partial charge in [-0.25, -0.2) is 4.98 Å². The van der Waals surface area contributed by atoms with E-state index in [9.17, 15) is 9.90 Å². The van der Waals surface area contributed by atoms with Crippen molar-refractivity contribution in [1.82, 2.24) is 9.88 Å². The number of para-hydroxylation sites is 1. The number of hydrogen-bond donors (Lipinski definition) is 1. The third kappa shape index (κ3) is 4.61. The highest BCUT2D eigenvalue weighted by Gasteiger charge is 2.26. The molecule has 0 saturated carbocycles.